The smallest absolute Gasteiger partial charge is 0.422 e. The van der Waals surface area contributed by atoms with E-state index in [2.05, 4.69) is 70.4 Å². The van der Waals surface area contributed by atoms with E-state index >= 15 is 0 Å². The van der Waals surface area contributed by atoms with Gasteiger partial charge in [-0.05, 0) is 55.0 Å². The molecule has 0 unspecified atom stereocenters. The number of nitrogens with one attached hydrogen (secondary N) is 1. The van der Waals surface area contributed by atoms with Gasteiger partial charge in [-0.25, -0.2) is 24.7 Å². The molecule has 4 heterocycles. The van der Waals surface area contributed by atoms with E-state index in [0.29, 0.717) is 0 Å². The van der Waals surface area contributed by atoms with Gasteiger partial charge in [0.1, 0.15) is 22.9 Å². The number of aromatic nitrogens is 6. The first-order chi connectivity index (χ1) is 24.4. The van der Waals surface area contributed by atoms with Crippen molar-refractivity contribution in [2.75, 3.05) is 43.9 Å². The van der Waals surface area contributed by atoms with Crippen LogP contribution in [0.25, 0.3) is 0 Å². The van der Waals surface area contributed by atoms with Crippen LogP contribution in [0.5, 0.6) is 11.5 Å². The fourth-order valence-corrected chi connectivity index (χ4v) is 3.51. The van der Waals surface area contributed by atoms with Crippen LogP contribution in [-0.4, -0.2) is 97.0 Å². The van der Waals surface area contributed by atoms with Crippen LogP contribution >= 0.6 is 23.2 Å². The number of ether oxygens (including phenoxy) is 2. The zero-order valence-electron chi connectivity index (χ0n) is 27.6. The number of aromatic carboxylic acids is 1. The summed E-state index contributed by atoms with van der Waals surface area (Å²) in [5, 5.41) is 10.5. The summed E-state index contributed by atoms with van der Waals surface area (Å²) in [6.45, 7) is 7.29. The minimum absolute atomic E-state index is 0.00711. The highest BCUT2D eigenvalue weighted by Crippen LogP contribution is 2.26. The van der Waals surface area contributed by atoms with Crippen LogP contribution in [-0.2, 0) is 0 Å². The van der Waals surface area contributed by atoms with Gasteiger partial charge in [0.05, 0.1) is 18.1 Å². The molecule has 0 aliphatic carbocycles. The van der Waals surface area contributed by atoms with Crippen LogP contribution in [0, 0.1) is 0 Å². The number of halogens is 8. The number of carboxylic acid groups (broad SMARTS) is 1. The normalized spacial score (nSPS) is 10.7. The first-order valence-corrected chi connectivity index (χ1v) is 15.4. The average molecular weight is 785 g/mol. The second-order valence-corrected chi connectivity index (χ2v) is 10.1. The number of nitrogens with zero attached hydrogens (tertiary/aromatic N) is 7. The average Bonchev–Trinajstić information content (AvgIpc) is 3.08. The number of hydrogen-bond acceptors (Lipinski definition) is 12. The minimum atomic E-state index is -4.50. The summed E-state index contributed by atoms with van der Waals surface area (Å²) in [4.78, 5) is 46.1. The molecule has 1 amide bonds. The van der Waals surface area contributed by atoms with E-state index in [1.54, 1.807) is 0 Å². The molecule has 284 valence electrons. The van der Waals surface area contributed by atoms with Gasteiger partial charge in [0, 0.05) is 36.9 Å². The van der Waals surface area contributed by atoms with E-state index < -0.39 is 37.4 Å². The van der Waals surface area contributed by atoms with Crippen molar-refractivity contribution in [1.82, 2.24) is 34.8 Å². The molecule has 22 heteroatoms. The molecule has 4 rings (SSSR count). The van der Waals surface area contributed by atoms with Crippen LogP contribution in [0.3, 0.4) is 0 Å². The largest absolute Gasteiger partial charge is 0.482 e. The predicted molar refractivity (Wildman–Crippen MR) is 178 cm³/mol. The van der Waals surface area contributed by atoms with Gasteiger partial charge < -0.3 is 30.5 Å². The minimum Gasteiger partial charge on any atom is -0.482 e. The third-order valence-corrected chi connectivity index (χ3v) is 6.03. The van der Waals surface area contributed by atoms with Crippen LogP contribution in [0.4, 0.5) is 37.7 Å². The molecule has 0 radical (unpaired) electrons. The Morgan fingerprint density at radius 1 is 0.769 bits per heavy atom. The topological polar surface area (TPSA) is 191 Å². The quantitative estimate of drug-likeness (QED) is 0.117. The van der Waals surface area contributed by atoms with Crippen molar-refractivity contribution in [2.45, 2.75) is 33.1 Å². The molecule has 0 saturated heterocycles. The maximum Gasteiger partial charge on any atom is 0.422 e. The number of alkyl halides is 6. The molecule has 0 aliphatic heterocycles. The van der Waals surface area contributed by atoms with Gasteiger partial charge in [-0.1, -0.05) is 20.8 Å². The number of anilines is 2. The van der Waals surface area contributed by atoms with Gasteiger partial charge in [-0.15, -0.1) is 0 Å². The zero-order chi connectivity index (χ0) is 39.3. The lowest BCUT2D eigenvalue weighted by Crippen LogP contribution is -2.21. The fraction of sp³-hybridized carbons (Fsp3) is 0.333. The van der Waals surface area contributed by atoms with Gasteiger partial charge in [-0.2, -0.15) is 26.3 Å². The molecule has 0 spiro atoms. The highest BCUT2D eigenvalue weighted by Gasteiger charge is 2.29. The standard InChI is InChI=1S/C12H8ClF3N4O2.C7H7F3N2O.C6H15N.C5H3ClN2O2/c13-11-18-4-1-7(20-11)10(21)19-8-5-17-3-2-9(8)22-6-12(14,15)16;8-7(9,10)4-13-6-1-2-12-3-5(6)11;1-4-7(5-2)6-3;6-5-7-2-1-3(8-5)4(9)10/h1-5H,6H2,(H,19,21);1-3H,4,11H2;4-6H2,1-3H3;1-2H,(H,9,10). The van der Waals surface area contributed by atoms with Crippen molar-refractivity contribution in [3.05, 3.63) is 83.4 Å². The summed E-state index contributed by atoms with van der Waals surface area (Å²) in [7, 11) is 0. The number of carbonyl (C=O) groups excluding carboxylic acids is 1. The van der Waals surface area contributed by atoms with Crippen molar-refractivity contribution in [3.8, 4) is 11.5 Å². The fourth-order valence-electron chi connectivity index (χ4n) is 3.22. The summed E-state index contributed by atoms with van der Waals surface area (Å²) in [6.07, 6.45) is -1.35. The van der Waals surface area contributed by atoms with Crippen LogP contribution in [0.1, 0.15) is 41.7 Å². The third kappa shape index (κ3) is 19.3. The van der Waals surface area contributed by atoms with Gasteiger partial charge >= 0.3 is 18.3 Å². The number of nitrogen functional groups attached to an aromatic ring is 1. The van der Waals surface area contributed by atoms with Gasteiger partial charge in [0.25, 0.3) is 5.91 Å². The van der Waals surface area contributed by atoms with E-state index in [0.717, 1.165) is 6.20 Å². The molecule has 4 aromatic heterocycles. The van der Waals surface area contributed by atoms with Crippen LogP contribution in [0.2, 0.25) is 10.6 Å². The maximum atomic E-state index is 12.2. The number of nitrogens with two attached hydrogens (primary N) is 1. The predicted octanol–water partition coefficient (Wildman–Crippen LogP) is 6.50. The lowest BCUT2D eigenvalue weighted by Gasteiger charge is -2.13. The summed E-state index contributed by atoms with van der Waals surface area (Å²) in [5.74, 6) is -1.97. The van der Waals surface area contributed by atoms with Crippen molar-refractivity contribution in [2.24, 2.45) is 0 Å². The molecule has 52 heavy (non-hydrogen) atoms. The molecule has 0 atom stereocenters. The Balaban J connectivity index is 0.000000383. The lowest BCUT2D eigenvalue weighted by molar-refractivity contribution is -0.154. The summed E-state index contributed by atoms with van der Waals surface area (Å²) in [5.41, 5.74) is 5.22. The van der Waals surface area contributed by atoms with E-state index in [-0.39, 0.29) is 44.8 Å². The summed E-state index contributed by atoms with van der Waals surface area (Å²) in [6, 6.07) is 5.05. The van der Waals surface area contributed by atoms with Gasteiger partial charge in [0.15, 0.2) is 18.9 Å². The number of hydrogen-bond donors (Lipinski definition) is 3. The number of carbonyl (C=O) groups is 2. The summed E-state index contributed by atoms with van der Waals surface area (Å²) < 4.78 is 80.7. The monoisotopic (exact) mass is 783 g/mol. The van der Waals surface area contributed by atoms with Crippen molar-refractivity contribution < 1.29 is 50.5 Å². The first-order valence-electron chi connectivity index (χ1n) is 14.7. The van der Waals surface area contributed by atoms with E-state index in [1.807, 2.05) is 0 Å². The lowest BCUT2D eigenvalue weighted by atomic mass is 10.3. The highest BCUT2D eigenvalue weighted by molar-refractivity contribution is 6.28. The molecule has 4 aromatic rings. The van der Waals surface area contributed by atoms with E-state index in [9.17, 15) is 35.9 Å². The molecule has 14 nitrogen and oxygen atoms in total. The van der Waals surface area contributed by atoms with Crippen molar-refractivity contribution in [3.63, 3.8) is 0 Å². The maximum absolute atomic E-state index is 12.2. The highest BCUT2D eigenvalue weighted by atomic mass is 35.5. The van der Waals surface area contributed by atoms with Crippen LogP contribution in [0.15, 0.2) is 61.4 Å². The molecule has 0 bridgehead atoms. The Labute approximate surface area is 303 Å². The van der Waals surface area contributed by atoms with E-state index in [4.69, 9.17) is 34.0 Å². The molecule has 0 aliphatic rings. The molecule has 0 aromatic carbocycles. The Bertz CT molecular complexity index is 1680. The van der Waals surface area contributed by atoms with E-state index in [1.165, 1.54) is 74.9 Å². The zero-order valence-corrected chi connectivity index (χ0v) is 29.1. The molecule has 4 N–H and O–H groups in total. The molecule has 0 saturated carbocycles. The van der Waals surface area contributed by atoms with Gasteiger partial charge in [-0.3, -0.25) is 14.8 Å². The number of rotatable bonds is 10. The second-order valence-electron chi connectivity index (χ2n) is 9.39. The second kappa shape index (κ2) is 22.7. The SMILES string of the molecule is CCN(CC)CC.Nc1cnccc1OCC(F)(F)F.O=C(Nc1cnccc1OCC(F)(F)F)c1ccnc(Cl)n1.O=C(O)c1ccnc(Cl)n1. The Morgan fingerprint density at radius 2 is 1.23 bits per heavy atom. The Hall–Kier alpha value is -5.08. The molecular formula is C30H33Cl2F6N9O5. The van der Waals surface area contributed by atoms with Crippen molar-refractivity contribution >= 4 is 46.5 Å². The van der Waals surface area contributed by atoms with Gasteiger partial charge in [0.2, 0.25) is 10.6 Å². The summed E-state index contributed by atoms with van der Waals surface area (Å²) >= 11 is 10.9. The molecular weight excluding hydrogens is 751 g/mol. The number of carboxylic acids is 1. The number of amides is 1. The Kier molecular flexibility index (Phi) is 19.6. The van der Waals surface area contributed by atoms with Crippen molar-refractivity contribution in [1.29, 1.82) is 0 Å². The first kappa shape index (κ1) is 44.9. The number of pyridine rings is 2. The van der Waals surface area contributed by atoms with Crippen LogP contribution < -0.4 is 20.5 Å². The molecule has 0 fully saturated rings. The third-order valence-electron chi connectivity index (χ3n) is 5.67. The Morgan fingerprint density at radius 3 is 1.65 bits per heavy atom.